The summed E-state index contributed by atoms with van der Waals surface area (Å²) in [5, 5.41) is 0. The van der Waals surface area contributed by atoms with Crippen molar-refractivity contribution in [1.82, 2.24) is 0 Å². The molecule has 0 heterocycles. The van der Waals surface area contributed by atoms with Gasteiger partial charge in [-0.2, -0.15) is 0 Å². The van der Waals surface area contributed by atoms with E-state index in [9.17, 15) is 0 Å². The fourth-order valence-electron chi connectivity index (χ4n) is 12.3. The lowest BCUT2D eigenvalue weighted by atomic mass is 9.66. The molecule has 5 aromatic carbocycles. The summed E-state index contributed by atoms with van der Waals surface area (Å²) >= 11 is 0. The van der Waals surface area contributed by atoms with E-state index >= 15 is 0 Å². The quantitative estimate of drug-likeness (QED) is 0.154. The maximum atomic E-state index is 4.22. The third-order valence-electron chi connectivity index (χ3n) is 16.0. The van der Waals surface area contributed by atoms with Gasteiger partial charge in [0.25, 0.3) is 0 Å². The Morgan fingerprint density at radius 1 is 0.547 bits per heavy atom. The topological polar surface area (TPSA) is 0 Å². The number of allylic oxidation sites excluding steroid dienone is 18. The SMILES string of the molecule is C=CC1=C(C=C)C2(C3=C1CCC=C3)c1ccccc1-c1cc(C)ccc12.CC.CC1=C(c2cc(-c3ccc(C)cc3)ccc2C)C=CCC1.CCC.CCCC.Cc1ccc2c(c1)C1C=CCCC1C1=C2C=CCC1. The molecule has 0 bridgehead atoms. The largest absolute Gasteiger partial charge is 0.0987 e. The average molecular weight is 990 g/mol. The smallest absolute Gasteiger partial charge is 0.0721 e. The third-order valence-corrected chi connectivity index (χ3v) is 16.0. The molecule has 75 heavy (non-hydrogen) atoms. The van der Waals surface area contributed by atoms with E-state index in [1.54, 1.807) is 11.1 Å². The lowest BCUT2D eigenvalue weighted by Gasteiger charge is -2.38. The van der Waals surface area contributed by atoms with Crippen LogP contribution < -0.4 is 0 Å². The summed E-state index contributed by atoms with van der Waals surface area (Å²) in [6, 6.07) is 38.4. The molecule has 0 N–H and O–H groups in total. The number of benzene rings is 5. The van der Waals surface area contributed by atoms with Crippen molar-refractivity contribution in [3.05, 3.63) is 261 Å². The summed E-state index contributed by atoms with van der Waals surface area (Å²) in [7, 11) is 0. The second kappa shape index (κ2) is 26.3. The number of rotatable bonds is 5. The molecule has 0 fully saturated rings. The first-order chi connectivity index (χ1) is 36.5. The molecular formula is C75H88. The molecule has 7 aliphatic rings. The van der Waals surface area contributed by atoms with Crippen LogP contribution in [0.25, 0.3) is 33.4 Å². The van der Waals surface area contributed by atoms with Gasteiger partial charge in [0.05, 0.1) is 5.41 Å². The first-order valence-corrected chi connectivity index (χ1v) is 28.9. The Hall–Kier alpha value is -6.50. The highest BCUT2D eigenvalue weighted by atomic mass is 14.5. The molecule has 0 aliphatic heterocycles. The predicted octanol–water partition coefficient (Wildman–Crippen LogP) is 22.1. The highest BCUT2D eigenvalue weighted by molar-refractivity contribution is 5.91. The minimum atomic E-state index is -0.239. The van der Waals surface area contributed by atoms with Gasteiger partial charge in [0.1, 0.15) is 0 Å². The van der Waals surface area contributed by atoms with E-state index in [0.717, 1.165) is 18.8 Å². The molecule has 0 radical (unpaired) electrons. The lowest BCUT2D eigenvalue weighted by molar-refractivity contribution is 0.472. The minimum Gasteiger partial charge on any atom is -0.0987 e. The fourth-order valence-corrected chi connectivity index (χ4v) is 12.3. The first kappa shape index (κ1) is 56.2. The zero-order valence-corrected chi connectivity index (χ0v) is 47.9. The standard InChI is InChI=1S/C26H22.C21H22.C19H20.C4H10.C3H8.C2H6/c1-4-18-19-10-6-8-12-23(19)26(22(18)5-2)24-13-9-7-11-20(24)21-16-17(3)14-15-25(21)26;1-15-8-11-18(12-9-15)19-13-10-17(3)21(14-19)20-7-5-4-6-16(20)2;1-13-10-11-18-16-8-3-2-6-14(16)15-7-4-5-9-17(15)19(18)12-13;1-3-4-2;1-3-2;1-2/h4-5,7-9,11-16H,1-2,6,10H2,3H3;5,7-14H,4,6H2,1-3H3;3,5,8-12,15,17H,2,4,6-7H2,1H3;3-4H2,1-2H3;3H2,1-2H3;1-2H3. The molecule has 3 unspecified atom stereocenters. The van der Waals surface area contributed by atoms with Crippen LogP contribution in [0, 0.1) is 33.6 Å². The van der Waals surface area contributed by atoms with E-state index in [0.29, 0.717) is 5.92 Å². The van der Waals surface area contributed by atoms with Crippen LogP contribution >= 0.6 is 0 Å². The highest BCUT2D eigenvalue weighted by Crippen LogP contribution is 2.63. The van der Waals surface area contributed by atoms with E-state index in [2.05, 4.69) is 233 Å². The third kappa shape index (κ3) is 11.5. The normalized spacial score (nSPS) is 19.7. The Labute approximate surface area is 455 Å². The van der Waals surface area contributed by atoms with Crippen molar-refractivity contribution in [3.8, 4) is 22.3 Å². The molecule has 0 saturated carbocycles. The van der Waals surface area contributed by atoms with E-state index in [1.165, 1.54) is 164 Å². The summed E-state index contributed by atoms with van der Waals surface area (Å²) in [6.45, 7) is 32.0. The molecule has 7 aliphatic carbocycles. The van der Waals surface area contributed by atoms with E-state index in [4.69, 9.17) is 0 Å². The Morgan fingerprint density at radius 2 is 1.17 bits per heavy atom. The number of hydrogen-bond donors (Lipinski definition) is 0. The predicted molar refractivity (Wildman–Crippen MR) is 332 cm³/mol. The van der Waals surface area contributed by atoms with Gasteiger partial charge in [0, 0.05) is 5.92 Å². The number of hydrogen-bond acceptors (Lipinski definition) is 0. The maximum absolute atomic E-state index is 4.22. The van der Waals surface area contributed by atoms with Gasteiger partial charge in [-0.05, 0) is 187 Å². The van der Waals surface area contributed by atoms with Gasteiger partial charge in [0.15, 0.2) is 0 Å². The van der Waals surface area contributed by atoms with Crippen molar-refractivity contribution >= 4 is 11.1 Å². The van der Waals surface area contributed by atoms with Crippen molar-refractivity contribution in [2.45, 2.75) is 158 Å². The molecule has 388 valence electrons. The van der Waals surface area contributed by atoms with Crippen molar-refractivity contribution in [2.75, 3.05) is 0 Å². The Bertz CT molecular complexity index is 3100. The van der Waals surface area contributed by atoms with Crippen molar-refractivity contribution in [2.24, 2.45) is 5.92 Å². The van der Waals surface area contributed by atoms with Crippen LogP contribution in [-0.4, -0.2) is 0 Å². The number of fused-ring (bicyclic) bond motifs is 11. The molecule has 12 rings (SSSR count). The van der Waals surface area contributed by atoms with Gasteiger partial charge in [-0.1, -0.05) is 260 Å². The highest BCUT2D eigenvalue weighted by Gasteiger charge is 2.52. The van der Waals surface area contributed by atoms with Gasteiger partial charge in [0.2, 0.25) is 0 Å². The monoisotopic (exact) mass is 989 g/mol. The van der Waals surface area contributed by atoms with Crippen LogP contribution in [-0.2, 0) is 5.41 Å². The van der Waals surface area contributed by atoms with Crippen LogP contribution in [0.1, 0.15) is 175 Å². The summed E-state index contributed by atoms with van der Waals surface area (Å²) in [4.78, 5) is 0. The van der Waals surface area contributed by atoms with Crippen LogP contribution in [0.5, 0.6) is 0 Å². The summed E-state index contributed by atoms with van der Waals surface area (Å²) in [5.41, 5.74) is 29.2. The summed E-state index contributed by atoms with van der Waals surface area (Å²) in [5.74, 6) is 1.40. The molecule has 1 spiro atoms. The van der Waals surface area contributed by atoms with E-state index in [-0.39, 0.29) is 5.41 Å². The number of aryl methyl sites for hydroxylation is 4. The van der Waals surface area contributed by atoms with Crippen LogP contribution in [0.15, 0.2) is 210 Å². The zero-order chi connectivity index (χ0) is 53.6. The molecule has 0 aromatic heterocycles. The summed E-state index contributed by atoms with van der Waals surface area (Å²) in [6.07, 6.45) is 36.4. The Morgan fingerprint density at radius 3 is 1.88 bits per heavy atom. The van der Waals surface area contributed by atoms with Crippen LogP contribution in [0.2, 0.25) is 0 Å². The second-order valence-electron chi connectivity index (χ2n) is 21.3. The van der Waals surface area contributed by atoms with Crippen LogP contribution in [0.4, 0.5) is 0 Å². The average Bonchev–Trinajstić information content (AvgIpc) is 3.99. The van der Waals surface area contributed by atoms with E-state index in [1.807, 2.05) is 19.9 Å². The summed E-state index contributed by atoms with van der Waals surface area (Å²) < 4.78 is 0. The molecule has 0 nitrogen and oxygen atoms in total. The van der Waals surface area contributed by atoms with Crippen molar-refractivity contribution < 1.29 is 0 Å². The first-order valence-electron chi connectivity index (χ1n) is 28.9. The van der Waals surface area contributed by atoms with Crippen LogP contribution in [0.3, 0.4) is 0 Å². The Kier molecular flexibility index (Phi) is 19.7. The number of unbranched alkanes of at least 4 members (excludes halogenated alkanes) is 1. The van der Waals surface area contributed by atoms with Gasteiger partial charge in [-0.15, -0.1) is 0 Å². The molecule has 3 atom stereocenters. The second-order valence-corrected chi connectivity index (χ2v) is 21.3. The van der Waals surface area contributed by atoms with Crippen molar-refractivity contribution in [1.29, 1.82) is 0 Å². The molecular weight excluding hydrogens is 901 g/mol. The molecule has 5 aromatic rings. The van der Waals surface area contributed by atoms with Crippen molar-refractivity contribution in [3.63, 3.8) is 0 Å². The minimum absolute atomic E-state index is 0.239. The maximum Gasteiger partial charge on any atom is 0.0721 e. The van der Waals surface area contributed by atoms with Gasteiger partial charge >= 0.3 is 0 Å². The lowest BCUT2D eigenvalue weighted by Crippen LogP contribution is -2.27. The van der Waals surface area contributed by atoms with E-state index < -0.39 is 0 Å². The molecule has 0 amide bonds. The Balaban J connectivity index is 0.000000153. The molecule has 0 saturated heterocycles. The molecule has 0 heteroatoms. The fraction of sp³-hybridized carbons (Fsp3) is 0.333. The van der Waals surface area contributed by atoms with Gasteiger partial charge < -0.3 is 0 Å². The van der Waals surface area contributed by atoms with Gasteiger partial charge in [-0.25, -0.2) is 0 Å². The van der Waals surface area contributed by atoms with Gasteiger partial charge in [-0.3, -0.25) is 0 Å². The zero-order valence-electron chi connectivity index (χ0n) is 47.9.